The first kappa shape index (κ1) is 18.4. The summed E-state index contributed by atoms with van der Waals surface area (Å²) in [5, 5.41) is 0. The lowest BCUT2D eigenvalue weighted by molar-refractivity contribution is 0.0524. The maximum atomic E-state index is 12.5. The van der Waals surface area contributed by atoms with Gasteiger partial charge in [0.1, 0.15) is 6.61 Å². The van der Waals surface area contributed by atoms with Crippen LogP contribution in [0.3, 0.4) is 0 Å². The zero-order chi connectivity index (χ0) is 19.8. The van der Waals surface area contributed by atoms with Gasteiger partial charge < -0.3 is 9.64 Å². The molecule has 146 valence electrons. The molecular formula is C25H22BrNO2. The predicted octanol–water partition coefficient (Wildman–Crippen LogP) is 5.87. The number of halogens is 1. The lowest BCUT2D eigenvalue weighted by atomic mass is 9.93. The third-order valence-electron chi connectivity index (χ3n) is 5.99. The minimum atomic E-state index is -0.195. The Balaban J connectivity index is 1.18. The van der Waals surface area contributed by atoms with E-state index >= 15 is 0 Å². The highest BCUT2D eigenvalue weighted by atomic mass is 79.9. The molecule has 0 aromatic heterocycles. The Labute approximate surface area is 179 Å². The van der Waals surface area contributed by atoms with E-state index in [-0.39, 0.29) is 12.0 Å². The SMILES string of the molecule is O=C(OCC1c2ccccc2-c2ccccc21)N1CC(Cc2ccc(Br)cc2)C1. The monoisotopic (exact) mass is 447 g/mol. The zero-order valence-corrected chi connectivity index (χ0v) is 17.6. The molecule has 1 heterocycles. The van der Waals surface area contributed by atoms with E-state index in [1.807, 2.05) is 4.90 Å². The number of likely N-dealkylation sites (tertiary alicyclic amines) is 1. The molecule has 5 rings (SSSR count). The van der Waals surface area contributed by atoms with Gasteiger partial charge in [0.05, 0.1) is 0 Å². The van der Waals surface area contributed by atoms with Gasteiger partial charge in [0.15, 0.2) is 0 Å². The van der Waals surface area contributed by atoms with Crippen LogP contribution >= 0.6 is 15.9 Å². The molecular weight excluding hydrogens is 426 g/mol. The summed E-state index contributed by atoms with van der Waals surface area (Å²) in [6, 6.07) is 25.2. The maximum absolute atomic E-state index is 12.5. The number of hydrogen-bond donors (Lipinski definition) is 0. The van der Waals surface area contributed by atoms with Gasteiger partial charge in [-0.05, 0) is 52.3 Å². The highest BCUT2D eigenvalue weighted by Crippen LogP contribution is 2.44. The summed E-state index contributed by atoms with van der Waals surface area (Å²) in [6.07, 6.45) is 0.805. The summed E-state index contributed by atoms with van der Waals surface area (Å²) in [4.78, 5) is 14.4. The van der Waals surface area contributed by atoms with Crippen LogP contribution in [0.1, 0.15) is 22.6 Å². The summed E-state index contributed by atoms with van der Waals surface area (Å²) in [5.74, 6) is 0.628. The number of hydrogen-bond acceptors (Lipinski definition) is 2. The van der Waals surface area contributed by atoms with Crippen LogP contribution in [0.4, 0.5) is 4.79 Å². The maximum Gasteiger partial charge on any atom is 0.409 e. The normalized spacial score (nSPS) is 15.6. The van der Waals surface area contributed by atoms with Crippen LogP contribution < -0.4 is 0 Å². The molecule has 0 N–H and O–H groups in total. The second-order valence-corrected chi connectivity index (χ2v) is 8.82. The Bertz CT molecular complexity index is 995. The van der Waals surface area contributed by atoms with Crippen molar-refractivity contribution in [3.8, 4) is 11.1 Å². The molecule has 1 amide bonds. The minimum Gasteiger partial charge on any atom is -0.448 e. The Morgan fingerprint density at radius 1 is 0.897 bits per heavy atom. The van der Waals surface area contributed by atoms with Crippen molar-refractivity contribution in [2.75, 3.05) is 19.7 Å². The number of carbonyl (C=O) groups excluding carboxylic acids is 1. The molecule has 1 aliphatic heterocycles. The van der Waals surface area contributed by atoms with Crippen LogP contribution in [0, 0.1) is 5.92 Å². The van der Waals surface area contributed by atoms with Crippen molar-refractivity contribution in [2.24, 2.45) is 5.92 Å². The van der Waals surface area contributed by atoms with Gasteiger partial charge in [-0.1, -0.05) is 76.6 Å². The number of rotatable bonds is 4. The van der Waals surface area contributed by atoms with Gasteiger partial charge in [-0.2, -0.15) is 0 Å². The third-order valence-corrected chi connectivity index (χ3v) is 6.52. The van der Waals surface area contributed by atoms with Gasteiger partial charge >= 0.3 is 6.09 Å². The van der Waals surface area contributed by atoms with E-state index in [0.29, 0.717) is 12.5 Å². The van der Waals surface area contributed by atoms with E-state index in [9.17, 15) is 4.79 Å². The third kappa shape index (κ3) is 3.58. The molecule has 0 spiro atoms. The minimum absolute atomic E-state index is 0.117. The molecule has 0 unspecified atom stereocenters. The lowest BCUT2D eigenvalue weighted by Crippen LogP contribution is -2.51. The molecule has 1 saturated heterocycles. The van der Waals surface area contributed by atoms with E-state index in [2.05, 4.69) is 88.7 Å². The molecule has 3 aromatic rings. The highest BCUT2D eigenvalue weighted by molar-refractivity contribution is 9.10. The number of nitrogens with zero attached hydrogens (tertiary/aromatic N) is 1. The summed E-state index contributed by atoms with van der Waals surface area (Å²) >= 11 is 3.47. The molecule has 3 aromatic carbocycles. The van der Waals surface area contributed by atoms with Crippen LogP contribution in [0.2, 0.25) is 0 Å². The van der Waals surface area contributed by atoms with Crippen molar-refractivity contribution in [1.82, 2.24) is 4.90 Å². The van der Waals surface area contributed by atoms with Gasteiger partial charge in [0.2, 0.25) is 0 Å². The molecule has 2 aliphatic rings. The molecule has 0 atom stereocenters. The van der Waals surface area contributed by atoms with Crippen LogP contribution in [-0.4, -0.2) is 30.7 Å². The van der Waals surface area contributed by atoms with Gasteiger partial charge in [0, 0.05) is 23.5 Å². The molecule has 0 radical (unpaired) electrons. The summed E-state index contributed by atoms with van der Waals surface area (Å²) in [7, 11) is 0. The summed E-state index contributed by atoms with van der Waals surface area (Å²) in [6.45, 7) is 1.93. The van der Waals surface area contributed by atoms with Crippen LogP contribution in [0.15, 0.2) is 77.3 Å². The molecule has 3 nitrogen and oxygen atoms in total. The Kier molecular flexibility index (Phi) is 4.88. The second kappa shape index (κ2) is 7.68. The lowest BCUT2D eigenvalue weighted by Gasteiger charge is -2.38. The van der Waals surface area contributed by atoms with Gasteiger partial charge in [-0.25, -0.2) is 4.79 Å². The van der Waals surface area contributed by atoms with Crippen molar-refractivity contribution >= 4 is 22.0 Å². The fraction of sp³-hybridized carbons (Fsp3) is 0.240. The molecule has 1 aliphatic carbocycles. The first-order valence-corrected chi connectivity index (χ1v) is 10.8. The summed E-state index contributed by atoms with van der Waals surface area (Å²) < 4.78 is 6.83. The van der Waals surface area contributed by atoms with E-state index in [1.54, 1.807) is 0 Å². The van der Waals surface area contributed by atoms with Crippen molar-refractivity contribution < 1.29 is 9.53 Å². The van der Waals surface area contributed by atoms with Crippen LogP contribution in [-0.2, 0) is 11.2 Å². The average Bonchev–Trinajstić information content (AvgIpc) is 3.04. The van der Waals surface area contributed by atoms with E-state index in [1.165, 1.54) is 27.8 Å². The van der Waals surface area contributed by atoms with E-state index in [4.69, 9.17) is 4.74 Å². The fourth-order valence-corrected chi connectivity index (χ4v) is 4.75. The van der Waals surface area contributed by atoms with E-state index in [0.717, 1.165) is 24.0 Å². The topological polar surface area (TPSA) is 29.5 Å². The Morgan fingerprint density at radius 3 is 2.10 bits per heavy atom. The van der Waals surface area contributed by atoms with Crippen molar-refractivity contribution in [1.29, 1.82) is 0 Å². The zero-order valence-electron chi connectivity index (χ0n) is 16.1. The molecule has 0 bridgehead atoms. The second-order valence-electron chi connectivity index (χ2n) is 7.91. The standard InChI is InChI=1S/C25H22BrNO2/c26-19-11-9-17(10-12-19)13-18-14-27(15-18)25(28)29-16-24-22-7-3-1-5-20(22)21-6-2-4-8-23(21)24/h1-12,18,24H,13-16H2. The Hall–Kier alpha value is -2.59. The number of fused-ring (bicyclic) bond motifs is 3. The van der Waals surface area contributed by atoms with Crippen molar-refractivity contribution in [3.63, 3.8) is 0 Å². The van der Waals surface area contributed by atoms with Crippen LogP contribution in [0.25, 0.3) is 11.1 Å². The average molecular weight is 448 g/mol. The smallest absolute Gasteiger partial charge is 0.409 e. The first-order chi connectivity index (χ1) is 14.2. The van der Waals surface area contributed by atoms with Gasteiger partial charge in [0.25, 0.3) is 0 Å². The van der Waals surface area contributed by atoms with Crippen molar-refractivity contribution in [3.05, 3.63) is 94.0 Å². The molecule has 4 heteroatoms. The van der Waals surface area contributed by atoms with E-state index < -0.39 is 0 Å². The van der Waals surface area contributed by atoms with Gasteiger partial charge in [-0.3, -0.25) is 0 Å². The van der Waals surface area contributed by atoms with Crippen LogP contribution in [0.5, 0.6) is 0 Å². The summed E-state index contributed by atoms with van der Waals surface area (Å²) in [5.41, 5.74) is 6.31. The molecule has 29 heavy (non-hydrogen) atoms. The number of benzene rings is 3. The largest absolute Gasteiger partial charge is 0.448 e. The van der Waals surface area contributed by atoms with Gasteiger partial charge in [-0.15, -0.1) is 0 Å². The number of amides is 1. The fourth-order valence-electron chi connectivity index (χ4n) is 4.49. The first-order valence-electron chi connectivity index (χ1n) is 10.0. The number of carbonyl (C=O) groups is 1. The predicted molar refractivity (Wildman–Crippen MR) is 118 cm³/mol. The highest BCUT2D eigenvalue weighted by Gasteiger charge is 2.34. The van der Waals surface area contributed by atoms with Crippen molar-refractivity contribution in [2.45, 2.75) is 12.3 Å². The number of ether oxygens (including phenoxy) is 1. The molecule has 1 fully saturated rings. The Morgan fingerprint density at radius 2 is 1.48 bits per heavy atom. The molecule has 0 saturated carbocycles. The quantitative estimate of drug-likeness (QED) is 0.500.